The van der Waals surface area contributed by atoms with Gasteiger partial charge in [0.05, 0.1) is 11.7 Å². The average molecular weight is 282 g/mol. The standard InChI is InChI=1S/C11H12BrN3O/c12-10-5-4-9-8(14-10)7-13-15(9)11-3-1-2-6-16-11/h4-5,7,11H,1-3,6H2. The molecule has 2 aromatic rings. The number of halogens is 1. The molecule has 0 amide bonds. The summed E-state index contributed by atoms with van der Waals surface area (Å²) in [4.78, 5) is 4.37. The van der Waals surface area contributed by atoms with Gasteiger partial charge in [-0.25, -0.2) is 9.67 Å². The number of pyridine rings is 1. The largest absolute Gasteiger partial charge is 0.356 e. The van der Waals surface area contributed by atoms with Crippen LogP contribution in [0, 0.1) is 0 Å². The van der Waals surface area contributed by atoms with Crippen molar-refractivity contribution in [2.45, 2.75) is 25.5 Å². The van der Waals surface area contributed by atoms with Crippen LogP contribution in [0.2, 0.25) is 0 Å². The lowest BCUT2D eigenvalue weighted by molar-refractivity contribution is -0.0366. The van der Waals surface area contributed by atoms with Gasteiger partial charge in [0.2, 0.25) is 0 Å². The van der Waals surface area contributed by atoms with Crippen molar-refractivity contribution in [2.75, 3.05) is 6.61 Å². The van der Waals surface area contributed by atoms with Gasteiger partial charge in [-0.3, -0.25) is 0 Å². The van der Waals surface area contributed by atoms with E-state index in [0.29, 0.717) is 0 Å². The Balaban J connectivity index is 2.03. The highest BCUT2D eigenvalue weighted by atomic mass is 79.9. The van der Waals surface area contributed by atoms with Gasteiger partial charge < -0.3 is 4.74 Å². The molecule has 0 saturated carbocycles. The van der Waals surface area contributed by atoms with Crippen molar-refractivity contribution < 1.29 is 4.74 Å². The van der Waals surface area contributed by atoms with Gasteiger partial charge in [-0.2, -0.15) is 5.10 Å². The van der Waals surface area contributed by atoms with E-state index in [2.05, 4.69) is 26.0 Å². The average Bonchev–Trinajstić information content (AvgIpc) is 2.73. The fourth-order valence-electron chi connectivity index (χ4n) is 2.06. The van der Waals surface area contributed by atoms with Gasteiger partial charge in [-0.1, -0.05) is 0 Å². The van der Waals surface area contributed by atoms with Crippen molar-refractivity contribution in [1.82, 2.24) is 14.8 Å². The van der Waals surface area contributed by atoms with E-state index in [1.54, 1.807) is 6.20 Å². The molecule has 1 aliphatic heterocycles. The van der Waals surface area contributed by atoms with Crippen LogP contribution in [-0.4, -0.2) is 21.4 Å². The number of rotatable bonds is 1. The maximum atomic E-state index is 5.72. The van der Waals surface area contributed by atoms with Crippen molar-refractivity contribution in [3.8, 4) is 0 Å². The van der Waals surface area contributed by atoms with E-state index in [9.17, 15) is 0 Å². The van der Waals surface area contributed by atoms with E-state index < -0.39 is 0 Å². The van der Waals surface area contributed by atoms with Crippen LogP contribution in [0.25, 0.3) is 11.0 Å². The molecule has 3 rings (SSSR count). The van der Waals surface area contributed by atoms with Gasteiger partial charge in [0.1, 0.15) is 10.1 Å². The van der Waals surface area contributed by atoms with E-state index in [-0.39, 0.29) is 6.23 Å². The van der Waals surface area contributed by atoms with Crippen LogP contribution in [0.1, 0.15) is 25.5 Å². The number of ether oxygens (including phenoxy) is 1. The van der Waals surface area contributed by atoms with Gasteiger partial charge in [-0.15, -0.1) is 0 Å². The molecule has 1 atom stereocenters. The third-order valence-corrected chi connectivity index (χ3v) is 3.29. The normalized spacial score (nSPS) is 21.4. The van der Waals surface area contributed by atoms with Crippen LogP contribution >= 0.6 is 15.9 Å². The van der Waals surface area contributed by atoms with Crippen molar-refractivity contribution in [2.24, 2.45) is 0 Å². The Bertz CT molecular complexity index is 505. The monoisotopic (exact) mass is 281 g/mol. The Morgan fingerprint density at radius 3 is 3.12 bits per heavy atom. The van der Waals surface area contributed by atoms with Crippen LogP contribution in [0.5, 0.6) is 0 Å². The van der Waals surface area contributed by atoms with Gasteiger partial charge in [-0.05, 0) is 47.3 Å². The summed E-state index contributed by atoms with van der Waals surface area (Å²) in [5.41, 5.74) is 1.94. The number of hydrogen-bond donors (Lipinski definition) is 0. The zero-order valence-electron chi connectivity index (χ0n) is 8.77. The molecule has 1 fully saturated rings. The molecule has 1 aliphatic rings. The van der Waals surface area contributed by atoms with Crippen LogP contribution < -0.4 is 0 Å². The van der Waals surface area contributed by atoms with Crippen molar-refractivity contribution in [3.05, 3.63) is 22.9 Å². The quantitative estimate of drug-likeness (QED) is 0.755. The minimum Gasteiger partial charge on any atom is -0.356 e. The highest BCUT2D eigenvalue weighted by Crippen LogP contribution is 2.25. The van der Waals surface area contributed by atoms with Crippen LogP contribution in [-0.2, 0) is 4.74 Å². The molecule has 0 aliphatic carbocycles. The zero-order chi connectivity index (χ0) is 11.0. The molecule has 84 valence electrons. The lowest BCUT2D eigenvalue weighted by Crippen LogP contribution is -2.18. The summed E-state index contributed by atoms with van der Waals surface area (Å²) in [7, 11) is 0. The number of hydrogen-bond acceptors (Lipinski definition) is 3. The molecule has 16 heavy (non-hydrogen) atoms. The Morgan fingerprint density at radius 1 is 1.38 bits per heavy atom. The number of aromatic nitrogens is 3. The maximum absolute atomic E-state index is 5.72. The molecule has 1 saturated heterocycles. The van der Waals surface area contributed by atoms with E-state index in [1.165, 1.54) is 6.42 Å². The Hall–Kier alpha value is -0.940. The van der Waals surface area contributed by atoms with Crippen molar-refractivity contribution >= 4 is 27.0 Å². The first-order valence-electron chi connectivity index (χ1n) is 5.46. The minimum atomic E-state index is 0.0780. The molecule has 4 nitrogen and oxygen atoms in total. The third-order valence-electron chi connectivity index (χ3n) is 2.85. The summed E-state index contributed by atoms with van der Waals surface area (Å²) in [6.45, 7) is 0.829. The van der Waals surface area contributed by atoms with Crippen LogP contribution in [0.4, 0.5) is 0 Å². The van der Waals surface area contributed by atoms with E-state index in [4.69, 9.17) is 4.74 Å². The maximum Gasteiger partial charge on any atom is 0.150 e. The van der Waals surface area contributed by atoms with Gasteiger partial charge in [0.25, 0.3) is 0 Å². The Labute approximate surface area is 102 Å². The lowest BCUT2D eigenvalue weighted by Gasteiger charge is -2.23. The lowest BCUT2D eigenvalue weighted by atomic mass is 10.2. The predicted molar refractivity (Wildman–Crippen MR) is 64.1 cm³/mol. The number of nitrogens with zero attached hydrogens (tertiary/aromatic N) is 3. The minimum absolute atomic E-state index is 0.0780. The smallest absolute Gasteiger partial charge is 0.150 e. The van der Waals surface area contributed by atoms with Gasteiger partial charge in [0.15, 0.2) is 6.23 Å². The van der Waals surface area contributed by atoms with Gasteiger partial charge in [0, 0.05) is 6.61 Å². The van der Waals surface area contributed by atoms with Crippen molar-refractivity contribution in [3.63, 3.8) is 0 Å². The second-order valence-corrected chi connectivity index (χ2v) is 4.76. The van der Waals surface area contributed by atoms with Crippen LogP contribution in [0.15, 0.2) is 22.9 Å². The summed E-state index contributed by atoms with van der Waals surface area (Å²) in [6.07, 6.45) is 5.26. The van der Waals surface area contributed by atoms with E-state index in [0.717, 1.165) is 35.1 Å². The highest BCUT2D eigenvalue weighted by molar-refractivity contribution is 9.10. The fraction of sp³-hybridized carbons (Fsp3) is 0.455. The van der Waals surface area contributed by atoms with E-state index in [1.807, 2.05) is 16.8 Å². The SMILES string of the molecule is Brc1ccc2c(cnn2C2CCCCO2)n1. The molecule has 5 heteroatoms. The van der Waals surface area contributed by atoms with Crippen molar-refractivity contribution in [1.29, 1.82) is 0 Å². The topological polar surface area (TPSA) is 39.9 Å². The zero-order valence-corrected chi connectivity index (χ0v) is 10.4. The summed E-state index contributed by atoms with van der Waals surface area (Å²) in [6, 6.07) is 3.96. The molecular weight excluding hydrogens is 270 g/mol. The molecule has 0 N–H and O–H groups in total. The third kappa shape index (κ3) is 1.74. The first-order valence-corrected chi connectivity index (χ1v) is 6.25. The molecule has 0 bridgehead atoms. The molecule has 3 heterocycles. The first-order chi connectivity index (χ1) is 7.84. The molecule has 1 unspecified atom stereocenters. The summed E-state index contributed by atoms with van der Waals surface area (Å²) >= 11 is 3.36. The van der Waals surface area contributed by atoms with Gasteiger partial charge >= 0.3 is 0 Å². The summed E-state index contributed by atoms with van der Waals surface area (Å²) < 4.78 is 8.50. The first kappa shape index (κ1) is 10.2. The highest BCUT2D eigenvalue weighted by Gasteiger charge is 2.18. The predicted octanol–water partition coefficient (Wildman–Crippen LogP) is 2.89. The molecule has 0 radical (unpaired) electrons. The summed E-state index contributed by atoms with van der Waals surface area (Å²) in [5, 5.41) is 4.37. The second kappa shape index (κ2) is 4.14. The molecule has 0 spiro atoms. The Morgan fingerprint density at radius 2 is 2.31 bits per heavy atom. The summed E-state index contributed by atoms with van der Waals surface area (Å²) in [5.74, 6) is 0. The van der Waals surface area contributed by atoms with Crippen LogP contribution in [0.3, 0.4) is 0 Å². The fourth-order valence-corrected chi connectivity index (χ4v) is 2.38. The van der Waals surface area contributed by atoms with E-state index >= 15 is 0 Å². The number of fused-ring (bicyclic) bond motifs is 1. The molecular formula is C11H12BrN3O. The molecule has 0 aromatic carbocycles. The Kier molecular flexibility index (Phi) is 2.65. The second-order valence-electron chi connectivity index (χ2n) is 3.95. The molecule has 2 aromatic heterocycles.